The Hall–Kier alpha value is -2.87. The Bertz CT molecular complexity index is 1000. The van der Waals surface area contributed by atoms with Crippen LogP contribution < -0.4 is 5.32 Å². The second-order valence-electron chi connectivity index (χ2n) is 8.90. The van der Waals surface area contributed by atoms with Crippen LogP contribution in [0.4, 0.5) is 18.9 Å². The number of alkyl halides is 3. The van der Waals surface area contributed by atoms with E-state index < -0.39 is 17.7 Å². The highest BCUT2D eigenvalue weighted by Gasteiger charge is 2.35. The Kier molecular flexibility index (Phi) is 7.02. The number of anilines is 1. The zero-order chi connectivity index (χ0) is 23.4. The van der Waals surface area contributed by atoms with Crippen molar-refractivity contribution in [3.05, 3.63) is 65.2 Å². The average molecular weight is 460 g/mol. The van der Waals surface area contributed by atoms with Gasteiger partial charge >= 0.3 is 6.18 Å². The van der Waals surface area contributed by atoms with E-state index >= 15 is 0 Å². The van der Waals surface area contributed by atoms with E-state index in [2.05, 4.69) is 10.2 Å². The topological polar surface area (TPSA) is 52.7 Å². The van der Waals surface area contributed by atoms with Gasteiger partial charge in [0, 0.05) is 31.7 Å². The summed E-state index contributed by atoms with van der Waals surface area (Å²) in [5.74, 6) is -1.01. The third-order valence-electron chi connectivity index (χ3n) is 6.26. The number of nitrogens with zero attached hydrogens (tertiary/aromatic N) is 2. The van der Waals surface area contributed by atoms with Crippen molar-refractivity contribution in [1.82, 2.24) is 9.80 Å². The van der Waals surface area contributed by atoms with Crippen LogP contribution in [0.5, 0.6) is 0 Å². The largest absolute Gasteiger partial charge is 0.416 e. The maximum absolute atomic E-state index is 13.0. The number of amides is 2. The monoisotopic (exact) mass is 459 g/mol. The molecule has 2 aromatic rings. The lowest BCUT2D eigenvalue weighted by Gasteiger charge is -2.26. The Morgan fingerprint density at radius 3 is 2.39 bits per heavy atom. The number of nitrogens with one attached hydrogen (secondary N) is 1. The van der Waals surface area contributed by atoms with Gasteiger partial charge in [-0.15, -0.1) is 0 Å². The van der Waals surface area contributed by atoms with E-state index in [1.807, 2.05) is 24.3 Å². The summed E-state index contributed by atoms with van der Waals surface area (Å²) >= 11 is 0. The minimum absolute atomic E-state index is 0.0534. The van der Waals surface area contributed by atoms with E-state index in [4.69, 9.17) is 0 Å². The van der Waals surface area contributed by atoms with Gasteiger partial charge in [0.25, 0.3) is 0 Å². The van der Waals surface area contributed by atoms with Gasteiger partial charge in [0.2, 0.25) is 11.8 Å². The van der Waals surface area contributed by atoms with Gasteiger partial charge in [-0.25, -0.2) is 0 Å². The van der Waals surface area contributed by atoms with Crippen molar-refractivity contribution < 1.29 is 22.8 Å². The molecule has 0 saturated carbocycles. The lowest BCUT2D eigenvalue weighted by molar-refractivity contribution is -0.137. The molecule has 2 aromatic carbocycles. The van der Waals surface area contributed by atoms with Crippen LogP contribution in [0, 0.1) is 5.92 Å². The number of carbonyl (C=O) groups is 2. The van der Waals surface area contributed by atoms with Crippen LogP contribution in [0.25, 0.3) is 0 Å². The van der Waals surface area contributed by atoms with Crippen LogP contribution in [0.3, 0.4) is 0 Å². The molecule has 2 heterocycles. The molecular weight excluding hydrogens is 431 g/mol. The average Bonchev–Trinajstić information content (AvgIpc) is 3.15. The van der Waals surface area contributed by atoms with Crippen LogP contribution in [-0.2, 0) is 28.9 Å². The minimum Gasteiger partial charge on any atom is -0.338 e. The second-order valence-corrected chi connectivity index (χ2v) is 8.90. The fourth-order valence-corrected chi connectivity index (χ4v) is 4.53. The van der Waals surface area contributed by atoms with Gasteiger partial charge in [-0.1, -0.05) is 30.7 Å². The molecule has 0 aromatic heterocycles. The van der Waals surface area contributed by atoms with Crippen molar-refractivity contribution in [2.75, 3.05) is 25.0 Å². The Balaban J connectivity index is 1.34. The van der Waals surface area contributed by atoms with Crippen LogP contribution in [0.1, 0.15) is 42.4 Å². The highest BCUT2D eigenvalue weighted by Crippen LogP contribution is 2.30. The molecule has 2 fully saturated rings. The number of likely N-dealkylation sites (tertiary alicyclic amines) is 2. The Morgan fingerprint density at radius 1 is 0.970 bits per heavy atom. The van der Waals surface area contributed by atoms with Crippen molar-refractivity contribution in [2.24, 2.45) is 5.92 Å². The summed E-state index contributed by atoms with van der Waals surface area (Å²) in [5.41, 5.74) is 1.47. The molecule has 0 aliphatic carbocycles. The lowest BCUT2D eigenvalue weighted by Crippen LogP contribution is -2.29. The molecule has 0 bridgehead atoms. The quantitative estimate of drug-likeness (QED) is 0.683. The minimum atomic E-state index is -4.43. The molecule has 2 saturated heterocycles. The van der Waals surface area contributed by atoms with Crippen molar-refractivity contribution in [1.29, 1.82) is 0 Å². The fraction of sp³-hybridized carbons (Fsp3) is 0.440. The van der Waals surface area contributed by atoms with Gasteiger partial charge in [0.05, 0.1) is 11.5 Å². The molecule has 0 spiro atoms. The fourth-order valence-electron chi connectivity index (χ4n) is 4.53. The standard InChI is InChI=1S/C25H28F3N3O2/c26-25(27,28)21-8-4-6-18(12-21)16-31-17-20(14-23(31)32)24(33)29-22-9-5-7-19(13-22)15-30-10-2-1-3-11-30/h4-9,12-13,20H,1-3,10-11,14-17H2,(H,29,33). The number of hydrogen-bond acceptors (Lipinski definition) is 3. The van der Waals surface area contributed by atoms with Crippen LogP contribution in [0.15, 0.2) is 48.5 Å². The second kappa shape index (κ2) is 9.95. The zero-order valence-corrected chi connectivity index (χ0v) is 18.4. The van der Waals surface area contributed by atoms with Gasteiger partial charge in [0.1, 0.15) is 0 Å². The lowest BCUT2D eigenvalue weighted by atomic mass is 10.1. The predicted molar refractivity (Wildman–Crippen MR) is 119 cm³/mol. The number of hydrogen-bond donors (Lipinski definition) is 1. The molecular formula is C25H28F3N3O2. The summed E-state index contributed by atoms with van der Waals surface area (Å²) < 4.78 is 38.9. The predicted octanol–water partition coefficient (Wildman–Crippen LogP) is 4.68. The van der Waals surface area contributed by atoms with E-state index in [-0.39, 0.29) is 31.3 Å². The molecule has 176 valence electrons. The molecule has 2 aliphatic rings. The summed E-state index contributed by atoms with van der Waals surface area (Å²) in [4.78, 5) is 29.1. The number of piperidine rings is 1. The zero-order valence-electron chi connectivity index (χ0n) is 18.4. The van der Waals surface area contributed by atoms with Crippen LogP contribution >= 0.6 is 0 Å². The molecule has 8 heteroatoms. The van der Waals surface area contributed by atoms with Gasteiger partial charge in [-0.3, -0.25) is 14.5 Å². The van der Waals surface area contributed by atoms with Crippen LogP contribution in [-0.4, -0.2) is 41.2 Å². The van der Waals surface area contributed by atoms with E-state index in [0.717, 1.165) is 37.3 Å². The summed E-state index contributed by atoms with van der Waals surface area (Å²) in [6, 6.07) is 12.7. The SMILES string of the molecule is O=C(Nc1cccc(CN2CCCCC2)c1)C1CC(=O)N(Cc2cccc(C(F)(F)F)c2)C1. The van der Waals surface area contributed by atoms with E-state index in [1.54, 1.807) is 6.07 Å². The molecule has 2 amide bonds. The number of benzene rings is 2. The first-order chi connectivity index (χ1) is 15.8. The van der Waals surface area contributed by atoms with Crippen molar-refractivity contribution >= 4 is 17.5 Å². The van der Waals surface area contributed by atoms with Crippen molar-refractivity contribution in [3.63, 3.8) is 0 Å². The van der Waals surface area contributed by atoms with Gasteiger partial charge in [-0.05, 0) is 61.3 Å². The van der Waals surface area contributed by atoms with E-state index in [0.29, 0.717) is 11.3 Å². The maximum Gasteiger partial charge on any atom is 0.416 e. The van der Waals surface area contributed by atoms with Gasteiger partial charge in [-0.2, -0.15) is 13.2 Å². The summed E-state index contributed by atoms with van der Waals surface area (Å²) in [7, 11) is 0. The van der Waals surface area contributed by atoms with Crippen molar-refractivity contribution in [2.45, 2.75) is 44.9 Å². The maximum atomic E-state index is 13.0. The number of rotatable bonds is 6. The molecule has 4 rings (SSSR count). The first-order valence-electron chi connectivity index (χ1n) is 11.3. The third-order valence-corrected chi connectivity index (χ3v) is 6.26. The van der Waals surface area contributed by atoms with E-state index in [1.165, 1.54) is 30.2 Å². The highest BCUT2D eigenvalue weighted by molar-refractivity contribution is 5.97. The molecule has 1 unspecified atom stereocenters. The molecule has 1 atom stereocenters. The summed E-state index contributed by atoms with van der Waals surface area (Å²) in [6.45, 7) is 3.26. The number of halogens is 3. The molecule has 2 aliphatic heterocycles. The normalized spacial score (nSPS) is 19.7. The van der Waals surface area contributed by atoms with E-state index in [9.17, 15) is 22.8 Å². The molecule has 0 radical (unpaired) electrons. The summed E-state index contributed by atoms with van der Waals surface area (Å²) in [5, 5.41) is 2.91. The summed E-state index contributed by atoms with van der Waals surface area (Å²) in [6.07, 6.45) is -0.683. The highest BCUT2D eigenvalue weighted by atomic mass is 19.4. The first-order valence-corrected chi connectivity index (χ1v) is 11.3. The Labute approximate surface area is 191 Å². The van der Waals surface area contributed by atoms with Gasteiger partial charge < -0.3 is 10.2 Å². The van der Waals surface area contributed by atoms with Crippen molar-refractivity contribution in [3.8, 4) is 0 Å². The Morgan fingerprint density at radius 2 is 1.67 bits per heavy atom. The first kappa shape index (κ1) is 23.3. The third kappa shape index (κ3) is 6.13. The molecule has 33 heavy (non-hydrogen) atoms. The van der Waals surface area contributed by atoms with Gasteiger partial charge in [0.15, 0.2) is 0 Å². The molecule has 1 N–H and O–H groups in total. The smallest absolute Gasteiger partial charge is 0.338 e. The molecule has 5 nitrogen and oxygen atoms in total. The van der Waals surface area contributed by atoms with Crippen LogP contribution in [0.2, 0.25) is 0 Å². The number of carbonyl (C=O) groups excluding carboxylic acids is 2.